The molecule has 0 aliphatic carbocycles. The summed E-state index contributed by atoms with van der Waals surface area (Å²) >= 11 is 5.95. The van der Waals surface area contributed by atoms with E-state index in [1.165, 1.54) is 7.11 Å². The minimum atomic E-state index is 0.319. The number of benzene rings is 1. The predicted molar refractivity (Wildman–Crippen MR) is 76.8 cm³/mol. The van der Waals surface area contributed by atoms with E-state index in [4.69, 9.17) is 25.8 Å². The van der Waals surface area contributed by atoms with Gasteiger partial charge in [0.25, 0.3) is 0 Å². The van der Waals surface area contributed by atoms with E-state index in [0.29, 0.717) is 35.0 Å². The lowest BCUT2D eigenvalue weighted by molar-refractivity contribution is 0.311. The predicted octanol–water partition coefficient (Wildman–Crippen LogP) is 3.21. The van der Waals surface area contributed by atoms with Crippen molar-refractivity contribution in [1.82, 2.24) is 9.97 Å². The second-order valence-electron chi connectivity index (χ2n) is 3.86. The second kappa shape index (κ2) is 6.43. The van der Waals surface area contributed by atoms with Crippen molar-refractivity contribution in [3.63, 3.8) is 0 Å². The number of ether oxygens (including phenoxy) is 3. The average molecular weight is 295 g/mol. The highest BCUT2D eigenvalue weighted by atomic mass is 35.5. The fraction of sp³-hybridized carbons (Fsp3) is 0.286. The minimum Gasteiger partial charge on any atom is -0.493 e. The van der Waals surface area contributed by atoms with Crippen LogP contribution >= 0.6 is 11.6 Å². The first-order chi connectivity index (χ1) is 9.67. The summed E-state index contributed by atoms with van der Waals surface area (Å²) in [7, 11) is 3.11. The number of nitrogens with zero attached hydrogens (tertiary/aromatic N) is 2. The molecule has 0 unspecified atom stereocenters. The second-order valence-corrected chi connectivity index (χ2v) is 4.24. The zero-order chi connectivity index (χ0) is 14.5. The first kappa shape index (κ1) is 14.4. The molecule has 0 aliphatic rings. The largest absolute Gasteiger partial charge is 0.493 e. The van der Waals surface area contributed by atoms with Gasteiger partial charge in [0.2, 0.25) is 5.88 Å². The van der Waals surface area contributed by atoms with Crippen LogP contribution in [0, 0.1) is 0 Å². The molecule has 0 bridgehead atoms. The van der Waals surface area contributed by atoms with E-state index in [0.717, 1.165) is 5.56 Å². The van der Waals surface area contributed by atoms with Crippen LogP contribution in [-0.2, 0) is 0 Å². The van der Waals surface area contributed by atoms with E-state index in [-0.39, 0.29) is 0 Å². The summed E-state index contributed by atoms with van der Waals surface area (Å²) in [5, 5.41) is 0.319. The van der Waals surface area contributed by atoms with E-state index in [9.17, 15) is 0 Å². The lowest BCUT2D eigenvalue weighted by atomic mass is 10.2. The van der Waals surface area contributed by atoms with E-state index in [2.05, 4.69) is 9.97 Å². The highest BCUT2D eigenvalue weighted by Crippen LogP contribution is 2.32. The molecule has 2 rings (SSSR count). The SMILES string of the molecule is CCOc1ccc(-c2nc(Cl)cc(OC)n2)cc1OC. The third kappa shape index (κ3) is 3.11. The van der Waals surface area contributed by atoms with Gasteiger partial charge in [-0.2, -0.15) is 4.98 Å². The summed E-state index contributed by atoms with van der Waals surface area (Å²) in [5.74, 6) is 2.17. The van der Waals surface area contributed by atoms with E-state index in [1.54, 1.807) is 19.2 Å². The molecule has 1 aromatic carbocycles. The van der Waals surface area contributed by atoms with Gasteiger partial charge in [-0.3, -0.25) is 0 Å². The molecule has 0 fully saturated rings. The van der Waals surface area contributed by atoms with E-state index >= 15 is 0 Å². The van der Waals surface area contributed by atoms with E-state index < -0.39 is 0 Å². The van der Waals surface area contributed by atoms with Crippen LogP contribution in [0.3, 0.4) is 0 Å². The Hall–Kier alpha value is -2.01. The van der Waals surface area contributed by atoms with Crippen LogP contribution in [0.4, 0.5) is 0 Å². The molecule has 0 saturated carbocycles. The Morgan fingerprint density at radius 3 is 2.50 bits per heavy atom. The fourth-order valence-corrected chi connectivity index (χ4v) is 1.89. The molecule has 6 heteroatoms. The maximum absolute atomic E-state index is 5.95. The molecule has 0 saturated heterocycles. The van der Waals surface area contributed by atoms with Gasteiger partial charge in [0.15, 0.2) is 17.3 Å². The lowest BCUT2D eigenvalue weighted by Crippen LogP contribution is -1.97. The van der Waals surface area contributed by atoms with Crippen LogP contribution in [0.5, 0.6) is 17.4 Å². The number of hydrogen-bond donors (Lipinski definition) is 0. The third-order valence-corrected chi connectivity index (χ3v) is 2.80. The summed E-state index contributed by atoms with van der Waals surface area (Å²) in [6.07, 6.45) is 0. The number of aromatic nitrogens is 2. The Morgan fingerprint density at radius 1 is 1.05 bits per heavy atom. The van der Waals surface area contributed by atoms with Gasteiger partial charge in [-0.25, -0.2) is 4.98 Å². The molecule has 0 atom stereocenters. The molecule has 0 radical (unpaired) electrons. The topological polar surface area (TPSA) is 53.5 Å². The number of rotatable bonds is 5. The van der Waals surface area contributed by atoms with Gasteiger partial charge < -0.3 is 14.2 Å². The highest BCUT2D eigenvalue weighted by Gasteiger charge is 2.10. The molecular formula is C14H15ClN2O3. The van der Waals surface area contributed by atoms with Crippen LogP contribution < -0.4 is 14.2 Å². The van der Waals surface area contributed by atoms with Gasteiger partial charge in [0, 0.05) is 11.6 Å². The molecular weight excluding hydrogens is 280 g/mol. The molecule has 2 aromatic rings. The van der Waals surface area contributed by atoms with E-state index in [1.807, 2.05) is 19.1 Å². The first-order valence-electron chi connectivity index (χ1n) is 6.07. The van der Waals surface area contributed by atoms with Gasteiger partial charge in [0.1, 0.15) is 5.15 Å². The summed E-state index contributed by atoms with van der Waals surface area (Å²) in [4.78, 5) is 8.44. The normalized spacial score (nSPS) is 10.2. The Labute approximate surface area is 122 Å². The Balaban J connectivity index is 2.45. The first-order valence-corrected chi connectivity index (χ1v) is 6.45. The third-order valence-electron chi connectivity index (χ3n) is 2.60. The molecule has 1 aromatic heterocycles. The summed E-state index contributed by atoms with van der Waals surface area (Å²) < 4.78 is 15.9. The minimum absolute atomic E-state index is 0.319. The number of halogens is 1. The molecule has 0 aliphatic heterocycles. The number of methoxy groups -OCH3 is 2. The van der Waals surface area contributed by atoms with Crippen LogP contribution in [0.1, 0.15) is 6.92 Å². The lowest BCUT2D eigenvalue weighted by Gasteiger charge is -2.11. The molecule has 20 heavy (non-hydrogen) atoms. The maximum atomic E-state index is 5.95. The van der Waals surface area contributed by atoms with Gasteiger partial charge in [-0.15, -0.1) is 0 Å². The Morgan fingerprint density at radius 2 is 1.85 bits per heavy atom. The standard InChI is InChI=1S/C14H15ClN2O3/c1-4-20-10-6-5-9(7-11(10)18-2)14-16-12(15)8-13(17-14)19-3/h5-8H,4H2,1-3H3. The molecule has 0 N–H and O–H groups in total. The van der Waals surface area contributed by atoms with Gasteiger partial charge in [-0.05, 0) is 25.1 Å². The summed E-state index contributed by atoms with van der Waals surface area (Å²) in [6.45, 7) is 2.48. The zero-order valence-corrected chi connectivity index (χ0v) is 12.3. The van der Waals surface area contributed by atoms with Crippen molar-refractivity contribution in [3.05, 3.63) is 29.4 Å². The molecule has 5 nitrogen and oxygen atoms in total. The van der Waals surface area contributed by atoms with Crippen molar-refractivity contribution in [3.8, 4) is 28.8 Å². The van der Waals surface area contributed by atoms with Crippen molar-refractivity contribution in [2.24, 2.45) is 0 Å². The van der Waals surface area contributed by atoms with Crippen LogP contribution in [0.2, 0.25) is 5.15 Å². The Bertz CT molecular complexity index is 605. The summed E-state index contributed by atoms with van der Waals surface area (Å²) in [5.41, 5.74) is 0.770. The molecule has 0 spiro atoms. The van der Waals surface area contributed by atoms with Crippen LogP contribution in [0.15, 0.2) is 24.3 Å². The highest BCUT2D eigenvalue weighted by molar-refractivity contribution is 6.29. The van der Waals surface area contributed by atoms with Crippen LogP contribution in [0.25, 0.3) is 11.4 Å². The zero-order valence-electron chi connectivity index (χ0n) is 11.5. The van der Waals surface area contributed by atoms with Crippen molar-refractivity contribution < 1.29 is 14.2 Å². The Kier molecular flexibility index (Phi) is 4.63. The fourth-order valence-electron chi connectivity index (χ4n) is 1.71. The summed E-state index contributed by atoms with van der Waals surface area (Å²) in [6, 6.07) is 7.01. The van der Waals surface area contributed by atoms with Crippen molar-refractivity contribution in [2.45, 2.75) is 6.92 Å². The average Bonchev–Trinajstić information content (AvgIpc) is 2.47. The molecule has 1 heterocycles. The number of hydrogen-bond acceptors (Lipinski definition) is 5. The van der Waals surface area contributed by atoms with Crippen LogP contribution in [-0.4, -0.2) is 30.8 Å². The van der Waals surface area contributed by atoms with Crippen molar-refractivity contribution in [1.29, 1.82) is 0 Å². The van der Waals surface area contributed by atoms with Gasteiger partial charge in [-0.1, -0.05) is 11.6 Å². The maximum Gasteiger partial charge on any atom is 0.218 e. The molecule has 0 amide bonds. The van der Waals surface area contributed by atoms with Gasteiger partial charge >= 0.3 is 0 Å². The van der Waals surface area contributed by atoms with Crippen molar-refractivity contribution >= 4 is 11.6 Å². The van der Waals surface area contributed by atoms with Crippen molar-refractivity contribution in [2.75, 3.05) is 20.8 Å². The smallest absolute Gasteiger partial charge is 0.218 e. The van der Waals surface area contributed by atoms with Gasteiger partial charge in [0.05, 0.1) is 20.8 Å². The monoisotopic (exact) mass is 294 g/mol. The molecule has 106 valence electrons. The quantitative estimate of drug-likeness (QED) is 0.793.